The lowest BCUT2D eigenvalue weighted by Crippen LogP contribution is -2.22. The minimum atomic E-state index is -0.536. The SMILES string of the molecule is CCCCc1cc(CCC(=O)OCC(C)OC(=O)CCc2cc(CCCC)c(O)c(CCCC)c2)cc(CCCC)c1O. The minimum absolute atomic E-state index is 0.0190. The molecule has 0 saturated carbocycles. The summed E-state index contributed by atoms with van der Waals surface area (Å²) >= 11 is 0. The van der Waals surface area contributed by atoms with E-state index in [9.17, 15) is 19.8 Å². The molecule has 0 amide bonds. The third-order valence-electron chi connectivity index (χ3n) is 7.90. The van der Waals surface area contributed by atoms with E-state index in [1.807, 2.05) is 24.3 Å². The van der Waals surface area contributed by atoms with E-state index >= 15 is 0 Å². The Morgan fingerprint density at radius 3 is 1.30 bits per heavy atom. The predicted octanol–water partition coefficient (Wildman–Crippen LogP) is 8.51. The molecule has 0 radical (unpaired) electrons. The lowest BCUT2D eigenvalue weighted by Gasteiger charge is -2.15. The fourth-order valence-electron chi connectivity index (χ4n) is 5.28. The average molecular weight is 597 g/mol. The summed E-state index contributed by atoms with van der Waals surface area (Å²) in [5.41, 5.74) is 5.91. The van der Waals surface area contributed by atoms with Crippen molar-refractivity contribution in [2.45, 2.75) is 143 Å². The molecule has 2 N–H and O–H groups in total. The number of hydrogen-bond acceptors (Lipinski definition) is 6. The quantitative estimate of drug-likeness (QED) is 0.140. The van der Waals surface area contributed by atoms with Crippen LogP contribution in [0.15, 0.2) is 24.3 Å². The standard InChI is InChI=1S/C37H56O6/c1-6-10-14-30-22-28(23-31(36(30)40)15-11-7-2)18-20-34(38)42-26-27(5)43-35(39)21-19-29-24-32(16-12-8-3)37(41)33(25-29)17-13-9-4/h22-25,27,40-41H,6-21,26H2,1-5H3. The number of rotatable bonds is 21. The first-order valence-corrected chi connectivity index (χ1v) is 16.7. The van der Waals surface area contributed by atoms with Crippen molar-refractivity contribution < 1.29 is 29.3 Å². The molecule has 0 aliphatic carbocycles. The van der Waals surface area contributed by atoms with Crippen LogP contribution < -0.4 is 0 Å². The van der Waals surface area contributed by atoms with Gasteiger partial charge in [-0.2, -0.15) is 0 Å². The number of carbonyl (C=O) groups excluding carboxylic acids is 2. The molecule has 2 aromatic rings. The summed E-state index contributed by atoms with van der Waals surface area (Å²) in [7, 11) is 0. The van der Waals surface area contributed by atoms with Crippen LogP contribution in [-0.4, -0.2) is 34.9 Å². The minimum Gasteiger partial charge on any atom is -0.507 e. The molecule has 0 saturated heterocycles. The average Bonchev–Trinajstić information content (AvgIpc) is 3.00. The predicted molar refractivity (Wildman–Crippen MR) is 174 cm³/mol. The fraction of sp³-hybridized carbons (Fsp3) is 0.622. The number of hydrogen-bond donors (Lipinski definition) is 2. The third kappa shape index (κ3) is 13.0. The van der Waals surface area contributed by atoms with Gasteiger partial charge in [0.25, 0.3) is 0 Å². The van der Waals surface area contributed by atoms with Crippen LogP contribution in [0.5, 0.6) is 11.5 Å². The van der Waals surface area contributed by atoms with Crippen molar-refractivity contribution in [2.75, 3.05) is 6.61 Å². The number of benzene rings is 2. The van der Waals surface area contributed by atoms with E-state index in [-0.39, 0.29) is 31.4 Å². The highest BCUT2D eigenvalue weighted by molar-refractivity contribution is 5.71. The molecule has 0 aliphatic heterocycles. The summed E-state index contributed by atoms with van der Waals surface area (Å²) in [5, 5.41) is 21.4. The van der Waals surface area contributed by atoms with E-state index < -0.39 is 6.10 Å². The van der Waals surface area contributed by atoms with Gasteiger partial charge >= 0.3 is 11.9 Å². The molecule has 2 aromatic carbocycles. The fourth-order valence-corrected chi connectivity index (χ4v) is 5.28. The number of carbonyl (C=O) groups is 2. The number of unbranched alkanes of at least 4 members (excludes halogenated alkanes) is 4. The van der Waals surface area contributed by atoms with Crippen molar-refractivity contribution in [1.29, 1.82) is 0 Å². The van der Waals surface area contributed by atoms with Gasteiger partial charge in [-0.3, -0.25) is 9.59 Å². The summed E-state index contributed by atoms with van der Waals surface area (Å²) in [6.07, 6.45) is 12.6. The van der Waals surface area contributed by atoms with Crippen molar-refractivity contribution in [3.63, 3.8) is 0 Å². The van der Waals surface area contributed by atoms with Gasteiger partial charge in [-0.25, -0.2) is 0 Å². The Labute approximate surface area is 260 Å². The van der Waals surface area contributed by atoms with Gasteiger partial charge in [0.05, 0.1) is 0 Å². The third-order valence-corrected chi connectivity index (χ3v) is 7.90. The number of phenolic OH excluding ortho intramolecular Hbond substituents is 2. The highest BCUT2D eigenvalue weighted by Gasteiger charge is 2.16. The highest BCUT2D eigenvalue weighted by Crippen LogP contribution is 2.30. The van der Waals surface area contributed by atoms with Crippen molar-refractivity contribution in [3.8, 4) is 11.5 Å². The van der Waals surface area contributed by atoms with E-state index in [0.29, 0.717) is 24.3 Å². The van der Waals surface area contributed by atoms with Gasteiger partial charge in [0.1, 0.15) is 24.2 Å². The van der Waals surface area contributed by atoms with Crippen LogP contribution in [0, 0.1) is 0 Å². The van der Waals surface area contributed by atoms with Crippen LogP contribution in [0.3, 0.4) is 0 Å². The van der Waals surface area contributed by atoms with Crippen LogP contribution >= 0.6 is 0 Å². The van der Waals surface area contributed by atoms with Crippen molar-refractivity contribution in [3.05, 3.63) is 57.6 Å². The maximum Gasteiger partial charge on any atom is 0.306 e. The molecular weight excluding hydrogens is 540 g/mol. The molecule has 1 atom stereocenters. The first kappa shape index (κ1) is 36.2. The van der Waals surface area contributed by atoms with Gasteiger partial charge in [-0.05, 0) is 105 Å². The largest absolute Gasteiger partial charge is 0.507 e. The molecule has 1 unspecified atom stereocenters. The van der Waals surface area contributed by atoms with Gasteiger partial charge in [0.15, 0.2) is 0 Å². The number of esters is 2. The topological polar surface area (TPSA) is 93.1 Å². The Hall–Kier alpha value is -3.02. The summed E-state index contributed by atoms with van der Waals surface area (Å²) in [5.74, 6) is 0.153. The zero-order valence-corrected chi connectivity index (χ0v) is 27.4. The summed E-state index contributed by atoms with van der Waals surface area (Å²) in [6.45, 7) is 10.3. The van der Waals surface area contributed by atoms with Gasteiger partial charge in [-0.15, -0.1) is 0 Å². The number of aryl methyl sites for hydroxylation is 6. The maximum absolute atomic E-state index is 12.6. The molecule has 0 spiro atoms. The molecule has 0 bridgehead atoms. The van der Waals surface area contributed by atoms with Gasteiger partial charge in [0.2, 0.25) is 0 Å². The summed E-state index contributed by atoms with van der Waals surface area (Å²) < 4.78 is 11.0. The number of aromatic hydroxyl groups is 2. The summed E-state index contributed by atoms with van der Waals surface area (Å²) in [4.78, 5) is 25.1. The van der Waals surface area contributed by atoms with Gasteiger partial charge in [-0.1, -0.05) is 77.6 Å². The van der Waals surface area contributed by atoms with Crippen LogP contribution in [0.25, 0.3) is 0 Å². The molecule has 2 rings (SSSR count). The molecule has 240 valence electrons. The highest BCUT2D eigenvalue weighted by atomic mass is 16.6. The van der Waals surface area contributed by atoms with E-state index in [0.717, 1.165) is 110 Å². The monoisotopic (exact) mass is 596 g/mol. The van der Waals surface area contributed by atoms with E-state index in [1.54, 1.807) is 6.92 Å². The second-order valence-electron chi connectivity index (χ2n) is 11.9. The van der Waals surface area contributed by atoms with E-state index in [1.165, 1.54) is 0 Å². The zero-order chi connectivity index (χ0) is 31.6. The first-order chi connectivity index (χ1) is 20.7. The maximum atomic E-state index is 12.6. The van der Waals surface area contributed by atoms with E-state index in [4.69, 9.17) is 9.47 Å². The Balaban J connectivity index is 1.86. The number of ether oxygens (including phenoxy) is 2. The Kier molecular flexibility index (Phi) is 16.9. The normalized spacial score (nSPS) is 11.8. The van der Waals surface area contributed by atoms with E-state index in [2.05, 4.69) is 27.7 Å². The zero-order valence-electron chi connectivity index (χ0n) is 27.4. The van der Waals surface area contributed by atoms with Gasteiger partial charge in [0, 0.05) is 12.8 Å². The lowest BCUT2D eigenvalue weighted by atomic mass is 9.95. The smallest absolute Gasteiger partial charge is 0.306 e. The van der Waals surface area contributed by atoms with Crippen LogP contribution in [0.1, 0.15) is 132 Å². The molecule has 0 fully saturated rings. The Morgan fingerprint density at radius 1 is 0.605 bits per heavy atom. The number of phenols is 2. The molecule has 0 aliphatic rings. The Bertz CT molecular complexity index is 1080. The molecule has 43 heavy (non-hydrogen) atoms. The lowest BCUT2D eigenvalue weighted by molar-refractivity contribution is -0.157. The second kappa shape index (κ2) is 20.0. The molecule has 6 nitrogen and oxygen atoms in total. The van der Waals surface area contributed by atoms with Crippen molar-refractivity contribution in [2.24, 2.45) is 0 Å². The Morgan fingerprint density at radius 2 is 0.953 bits per heavy atom. The first-order valence-electron chi connectivity index (χ1n) is 16.7. The molecular formula is C37H56O6. The van der Waals surface area contributed by atoms with Crippen molar-refractivity contribution in [1.82, 2.24) is 0 Å². The van der Waals surface area contributed by atoms with Crippen LogP contribution in [-0.2, 0) is 57.6 Å². The van der Waals surface area contributed by atoms with Crippen LogP contribution in [0.4, 0.5) is 0 Å². The summed E-state index contributed by atoms with van der Waals surface area (Å²) in [6, 6.07) is 8.08. The van der Waals surface area contributed by atoms with Crippen molar-refractivity contribution >= 4 is 11.9 Å². The van der Waals surface area contributed by atoms with Crippen LogP contribution in [0.2, 0.25) is 0 Å². The van der Waals surface area contributed by atoms with Gasteiger partial charge < -0.3 is 19.7 Å². The molecule has 0 heterocycles. The molecule has 0 aromatic heterocycles. The molecule has 6 heteroatoms. The second-order valence-corrected chi connectivity index (χ2v) is 11.9.